The van der Waals surface area contributed by atoms with Crippen molar-refractivity contribution in [3.63, 3.8) is 0 Å². The molecule has 1 fully saturated rings. The van der Waals surface area contributed by atoms with Crippen LogP contribution in [0.3, 0.4) is 0 Å². The normalized spacial score (nSPS) is 17.8. The van der Waals surface area contributed by atoms with Gasteiger partial charge in [-0.25, -0.2) is 27.1 Å². The lowest BCUT2D eigenvalue weighted by Gasteiger charge is -2.38. The van der Waals surface area contributed by atoms with Gasteiger partial charge in [-0.15, -0.1) is 0 Å². The summed E-state index contributed by atoms with van der Waals surface area (Å²) in [6, 6.07) is 9.18. The fourth-order valence-electron chi connectivity index (χ4n) is 5.15. The molecule has 0 unspecified atom stereocenters. The molecule has 0 amide bonds. The Morgan fingerprint density at radius 3 is 2.63 bits per heavy atom. The van der Waals surface area contributed by atoms with Crippen molar-refractivity contribution >= 4 is 15.8 Å². The summed E-state index contributed by atoms with van der Waals surface area (Å²) in [5, 5.41) is 0. The first kappa shape index (κ1) is 26.2. The average molecular weight is 543 g/mol. The third-order valence-electron chi connectivity index (χ3n) is 7.10. The van der Waals surface area contributed by atoms with Crippen LogP contribution in [-0.4, -0.2) is 57.2 Å². The molecule has 9 nitrogen and oxygen atoms in total. The van der Waals surface area contributed by atoms with Crippen LogP contribution < -0.4 is 18.5 Å². The van der Waals surface area contributed by atoms with Gasteiger partial charge < -0.3 is 14.2 Å². The van der Waals surface area contributed by atoms with E-state index in [2.05, 4.69) is 14.9 Å². The lowest BCUT2D eigenvalue weighted by atomic mass is 9.96. The Kier molecular flexibility index (Phi) is 7.66. The SMILES string of the molecule is COc1ccc(CN(c2ccncn2)S(=O)(=O)c2cc3c(cc2F)[C@@H](N2CCCCC2)CCO3)c(OC)c1. The number of hydrogen-bond acceptors (Lipinski definition) is 8. The molecule has 3 aromatic rings. The molecule has 1 aromatic heterocycles. The lowest BCUT2D eigenvalue weighted by molar-refractivity contribution is 0.118. The molecule has 0 N–H and O–H groups in total. The van der Waals surface area contributed by atoms with E-state index in [0.29, 0.717) is 35.0 Å². The summed E-state index contributed by atoms with van der Waals surface area (Å²) in [7, 11) is -1.39. The number of benzene rings is 2. The van der Waals surface area contributed by atoms with Crippen LogP contribution in [-0.2, 0) is 16.6 Å². The van der Waals surface area contributed by atoms with E-state index in [9.17, 15) is 8.42 Å². The number of halogens is 1. The first-order valence-electron chi connectivity index (χ1n) is 12.6. The van der Waals surface area contributed by atoms with Crippen LogP contribution in [0.15, 0.2) is 53.8 Å². The zero-order valence-corrected chi connectivity index (χ0v) is 22.3. The number of ether oxygens (including phenoxy) is 3. The molecule has 2 aliphatic heterocycles. The summed E-state index contributed by atoms with van der Waals surface area (Å²) in [4.78, 5) is 9.94. The maximum absolute atomic E-state index is 15.7. The van der Waals surface area contributed by atoms with E-state index in [0.717, 1.165) is 36.7 Å². The second-order valence-electron chi connectivity index (χ2n) is 9.33. The van der Waals surface area contributed by atoms with Crippen molar-refractivity contribution in [2.24, 2.45) is 0 Å². The predicted molar refractivity (Wildman–Crippen MR) is 140 cm³/mol. The van der Waals surface area contributed by atoms with Gasteiger partial charge in [0.2, 0.25) is 0 Å². The number of piperidine rings is 1. The monoisotopic (exact) mass is 542 g/mol. The van der Waals surface area contributed by atoms with E-state index in [1.807, 2.05) is 0 Å². The molecule has 202 valence electrons. The third-order valence-corrected chi connectivity index (χ3v) is 8.87. The highest BCUT2D eigenvalue weighted by Crippen LogP contribution is 2.40. The minimum absolute atomic E-state index is 0.00633. The quantitative estimate of drug-likeness (QED) is 0.415. The van der Waals surface area contributed by atoms with Crippen LogP contribution in [0, 0.1) is 5.82 Å². The molecule has 5 rings (SSSR count). The molecule has 1 saturated heterocycles. The lowest BCUT2D eigenvalue weighted by Crippen LogP contribution is -2.37. The summed E-state index contributed by atoms with van der Waals surface area (Å²) in [6.07, 6.45) is 6.82. The Bertz CT molecular complexity index is 1380. The van der Waals surface area contributed by atoms with Gasteiger partial charge in [-0.1, -0.05) is 6.42 Å². The van der Waals surface area contributed by atoms with Gasteiger partial charge in [-0.3, -0.25) is 4.90 Å². The molecule has 0 saturated carbocycles. The zero-order chi connectivity index (χ0) is 26.7. The summed E-state index contributed by atoms with van der Waals surface area (Å²) >= 11 is 0. The first-order chi connectivity index (χ1) is 18.4. The highest BCUT2D eigenvalue weighted by atomic mass is 32.2. The van der Waals surface area contributed by atoms with Crippen LogP contribution >= 0.6 is 0 Å². The number of anilines is 1. The van der Waals surface area contributed by atoms with Crippen LogP contribution in [0.4, 0.5) is 10.2 Å². The Morgan fingerprint density at radius 1 is 1.11 bits per heavy atom. The van der Waals surface area contributed by atoms with E-state index in [1.54, 1.807) is 18.2 Å². The largest absolute Gasteiger partial charge is 0.497 e. The molecule has 3 heterocycles. The van der Waals surface area contributed by atoms with Crippen LogP contribution in [0.1, 0.15) is 42.9 Å². The maximum atomic E-state index is 15.7. The van der Waals surface area contributed by atoms with Gasteiger partial charge in [0.25, 0.3) is 10.0 Å². The number of rotatable bonds is 8. The number of aromatic nitrogens is 2. The molecular weight excluding hydrogens is 511 g/mol. The summed E-state index contributed by atoms with van der Waals surface area (Å²) in [5.41, 5.74) is 1.25. The number of sulfonamides is 1. The Balaban J connectivity index is 1.55. The number of methoxy groups -OCH3 is 2. The molecule has 0 spiro atoms. The fraction of sp³-hybridized carbons (Fsp3) is 0.407. The van der Waals surface area contributed by atoms with E-state index in [1.165, 1.54) is 51.4 Å². The van der Waals surface area contributed by atoms with Crippen LogP contribution in [0.2, 0.25) is 0 Å². The van der Waals surface area contributed by atoms with Gasteiger partial charge >= 0.3 is 0 Å². The van der Waals surface area contributed by atoms with Crippen molar-refractivity contribution in [2.45, 2.75) is 43.2 Å². The standard InChI is InChI=1S/C27H31FN4O5S/c1-35-20-7-6-19(24(14-20)36-2)17-32(27-8-10-29-18-30-27)38(33,34)26-16-25-21(15-22(26)28)23(9-13-37-25)31-11-4-3-5-12-31/h6-8,10,14-16,18,23H,3-5,9,11-13,17H2,1-2H3/t23-/m0/s1. The van der Waals surface area contributed by atoms with Gasteiger partial charge in [-0.2, -0.15) is 0 Å². The van der Waals surface area contributed by atoms with Crippen LogP contribution in [0.25, 0.3) is 0 Å². The predicted octanol–water partition coefficient (Wildman–Crippen LogP) is 4.34. The topological polar surface area (TPSA) is 94.1 Å². The number of fused-ring (bicyclic) bond motifs is 1. The van der Waals surface area contributed by atoms with Gasteiger partial charge in [0.15, 0.2) is 0 Å². The van der Waals surface area contributed by atoms with E-state index < -0.39 is 20.7 Å². The number of likely N-dealkylation sites (tertiary alicyclic amines) is 1. The molecule has 38 heavy (non-hydrogen) atoms. The summed E-state index contributed by atoms with van der Waals surface area (Å²) < 4.78 is 61.5. The number of nitrogens with zero attached hydrogens (tertiary/aromatic N) is 4. The molecule has 2 aliphatic rings. The zero-order valence-electron chi connectivity index (χ0n) is 21.5. The summed E-state index contributed by atoms with van der Waals surface area (Å²) in [5.74, 6) is 0.663. The van der Waals surface area contributed by atoms with E-state index >= 15 is 4.39 Å². The van der Waals surface area contributed by atoms with Crippen molar-refractivity contribution in [2.75, 3.05) is 38.2 Å². The Morgan fingerprint density at radius 2 is 1.92 bits per heavy atom. The number of hydrogen-bond donors (Lipinski definition) is 0. The fourth-order valence-corrected chi connectivity index (χ4v) is 6.62. The van der Waals surface area contributed by atoms with Gasteiger partial charge in [0.1, 0.15) is 40.1 Å². The molecule has 0 aliphatic carbocycles. The molecule has 0 radical (unpaired) electrons. The highest BCUT2D eigenvalue weighted by Gasteiger charge is 2.35. The molecule has 0 bridgehead atoms. The molecule has 2 aromatic carbocycles. The second-order valence-corrected chi connectivity index (χ2v) is 11.2. The highest BCUT2D eigenvalue weighted by molar-refractivity contribution is 7.92. The van der Waals surface area contributed by atoms with Gasteiger partial charge in [0.05, 0.1) is 27.4 Å². The van der Waals surface area contributed by atoms with Crippen molar-refractivity contribution in [3.8, 4) is 17.2 Å². The average Bonchev–Trinajstić information content (AvgIpc) is 2.96. The molecule has 1 atom stereocenters. The molecule has 11 heteroatoms. The van der Waals surface area contributed by atoms with E-state index in [-0.39, 0.29) is 18.4 Å². The smallest absolute Gasteiger partial charge is 0.268 e. The van der Waals surface area contributed by atoms with Crippen molar-refractivity contribution in [1.29, 1.82) is 0 Å². The van der Waals surface area contributed by atoms with Crippen molar-refractivity contribution in [1.82, 2.24) is 14.9 Å². The van der Waals surface area contributed by atoms with Gasteiger partial charge in [-0.05, 0) is 44.1 Å². The molecular formula is C27H31FN4O5S. The maximum Gasteiger partial charge on any atom is 0.268 e. The van der Waals surface area contributed by atoms with Crippen LogP contribution in [0.5, 0.6) is 17.2 Å². The third kappa shape index (κ3) is 5.12. The van der Waals surface area contributed by atoms with Crippen molar-refractivity contribution in [3.05, 3.63) is 65.9 Å². The minimum Gasteiger partial charge on any atom is -0.497 e. The Labute approximate surface area is 222 Å². The second kappa shape index (κ2) is 11.1. The van der Waals surface area contributed by atoms with Crippen molar-refractivity contribution < 1.29 is 27.0 Å². The first-order valence-corrected chi connectivity index (χ1v) is 14.1. The summed E-state index contributed by atoms with van der Waals surface area (Å²) in [6.45, 7) is 2.17. The van der Waals surface area contributed by atoms with Gasteiger partial charge in [0, 0.05) is 48.0 Å². The minimum atomic E-state index is -4.41. The Hall–Kier alpha value is -3.44. The van der Waals surface area contributed by atoms with E-state index in [4.69, 9.17) is 14.2 Å².